The lowest BCUT2D eigenvalue weighted by Crippen LogP contribution is -2.50. The van der Waals surface area contributed by atoms with Gasteiger partial charge in [-0.05, 0) is 50.0 Å². The fourth-order valence-corrected chi connectivity index (χ4v) is 6.62. The van der Waals surface area contributed by atoms with Crippen LogP contribution in [-0.4, -0.2) is 64.9 Å². The molecule has 1 amide bonds. The van der Waals surface area contributed by atoms with Gasteiger partial charge in [0.1, 0.15) is 17.3 Å². The fourth-order valence-electron chi connectivity index (χ4n) is 5.39. The summed E-state index contributed by atoms with van der Waals surface area (Å²) in [4.78, 5) is 37.0. The number of nitrogens with one attached hydrogen (secondary N) is 1. The highest BCUT2D eigenvalue weighted by Crippen LogP contribution is 2.47. The van der Waals surface area contributed by atoms with Gasteiger partial charge in [0, 0.05) is 43.5 Å². The minimum Gasteiger partial charge on any atom is -0.474 e. The van der Waals surface area contributed by atoms with Crippen LogP contribution in [0, 0.1) is 0 Å². The first-order valence-electron chi connectivity index (χ1n) is 11.3. The quantitative estimate of drug-likeness (QED) is 0.655. The highest BCUT2D eigenvalue weighted by atomic mass is 32.1. The Labute approximate surface area is 185 Å². The molecule has 5 rings (SSSR count). The van der Waals surface area contributed by atoms with E-state index in [9.17, 15) is 9.59 Å². The summed E-state index contributed by atoms with van der Waals surface area (Å²) < 4.78 is 6.44. The molecule has 0 spiro atoms. The molecule has 9 heteroatoms. The second kappa shape index (κ2) is 8.80. The molecule has 0 unspecified atom stereocenters. The summed E-state index contributed by atoms with van der Waals surface area (Å²) in [6.07, 6.45) is 7.96. The molecule has 3 N–H and O–H groups in total. The van der Waals surface area contributed by atoms with Gasteiger partial charge in [0.25, 0.3) is 5.91 Å². The fraction of sp³-hybridized carbons (Fsp3) is 0.636. The van der Waals surface area contributed by atoms with E-state index in [1.54, 1.807) is 17.7 Å². The zero-order chi connectivity index (χ0) is 21.4. The van der Waals surface area contributed by atoms with Crippen molar-refractivity contribution < 1.29 is 14.3 Å². The summed E-state index contributed by atoms with van der Waals surface area (Å²) in [5.74, 6) is -0.753. The van der Waals surface area contributed by atoms with E-state index >= 15 is 0 Å². The Morgan fingerprint density at radius 3 is 2.68 bits per heavy atom. The van der Waals surface area contributed by atoms with Crippen LogP contribution in [0.1, 0.15) is 54.9 Å². The van der Waals surface area contributed by atoms with Crippen molar-refractivity contribution >= 4 is 33.2 Å². The maximum Gasteiger partial charge on any atom is 0.284 e. The van der Waals surface area contributed by atoms with E-state index in [4.69, 9.17) is 10.5 Å². The summed E-state index contributed by atoms with van der Waals surface area (Å²) in [7, 11) is 0. The molecular weight excluding hydrogens is 414 g/mol. The second-order valence-electron chi connectivity index (χ2n) is 8.86. The standard InChI is InChI=1S/C22H29N5O3S/c23-20(29)16(28)11-13-1-6-17-18(13)19-21(25-12-26-22(19)31-17)30-15-4-2-14(3-5-15)27-9-7-24-8-10-27/h12-15,24H,1-11H2,(H2,23,29)/t13-,14?,15?/m1/s1. The molecule has 2 aliphatic carbocycles. The predicted octanol–water partition coefficient (Wildman–Crippen LogP) is 1.76. The van der Waals surface area contributed by atoms with Crippen molar-refractivity contribution in [3.05, 3.63) is 16.8 Å². The predicted molar refractivity (Wildman–Crippen MR) is 118 cm³/mol. The van der Waals surface area contributed by atoms with Crippen molar-refractivity contribution in [1.82, 2.24) is 20.2 Å². The Balaban J connectivity index is 1.32. The average molecular weight is 444 g/mol. The number of carbonyl (C=O) groups is 2. The van der Waals surface area contributed by atoms with Crippen LogP contribution in [0.5, 0.6) is 5.88 Å². The highest BCUT2D eigenvalue weighted by molar-refractivity contribution is 7.19. The van der Waals surface area contributed by atoms with Crippen LogP contribution in [0.2, 0.25) is 0 Å². The molecule has 1 aliphatic heterocycles. The number of thiophene rings is 1. The number of amides is 1. The van der Waals surface area contributed by atoms with Crippen LogP contribution in [0.15, 0.2) is 6.33 Å². The summed E-state index contributed by atoms with van der Waals surface area (Å²) >= 11 is 1.65. The SMILES string of the molecule is NC(=O)C(=O)C[C@H]1CCc2sc3ncnc(OC4CCC(N5CCNCC5)CC4)c3c21. The number of ether oxygens (including phenoxy) is 1. The molecule has 0 aromatic carbocycles. The highest BCUT2D eigenvalue weighted by Gasteiger charge is 2.33. The lowest BCUT2D eigenvalue weighted by Gasteiger charge is -2.39. The molecule has 2 aromatic heterocycles. The largest absolute Gasteiger partial charge is 0.474 e. The summed E-state index contributed by atoms with van der Waals surface area (Å²) in [6.45, 7) is 4.43. The van der Waals surface area contributed by atoms with Gasteiger partial charge >= 0.3 is 0 Å². The minimum atomic E-state index is -0.859. The van der Waals surface area contributed by atoms with Gasteiger partial charge in [-0.2, -0.15) is 0 Å². The van der Waals surface area contributed by atoms with Crippen molar-refractivity contribution in [2.75, 3.05) is 26.2 Å². The van der Waals surface area contributed by atoms with Crippen LogP contribution >= 0.6 is 11.3 Å². The number of rotatable bonds is 6. The van der Waals surface area contributed by atoms with Gasteiger partial charge in [0.2, 0.25) is 11.7 Å². The normalized spacial score (nSPS) is 26.6. The summed E-state index contributed by atoms with van der Waals surface area (Å²) in [5, 5.41) is 4.36. The number of nitrogens with zero attached hydrogens (tertiary/aromatic N) is 3. The number of aromatic nitrogens is 2. The Bertz CT molecular complexity index is 979. The zero-order valence-corrected chi connectivity index (χ0v) is 18.5. The van der Waals surface area contributed by atoms with Gasteiger partial charge in [-0.25, -0.2) is 9.97 Å². The van der Waals surface area contributed by atoms with Crippen LogP contribution < -0.4 is 15.8 Å². The number of Topliss-reactive ketones (excluding diaryl/α,β-unsaturated/α-hetero) is 1. The first-order valence-corrected chi connectivity index (χ1v) is 12.1. The summed E-state index contributed by atoms with van der Waals surface area (Å²) in [6, 6.07) is 0.655. The number of carbonyl (C=O) groups excluding carboxylic acids is 2. The monoisotopic (exact) mass is 443 g/mol. The maximum absolute atomic E-state index is 12.0. The second-order valence-corrected chi connectivity index (χ2v) is 9.94. The van der Waals surface area contributed by atoms with E-state index in [2.05, 4.69) is 20.2 Å². The van der Waals surface area contributed by atoms with Gasteiger partial charge in [0.05, 0.1) is 5.39 Å². The third kappa shape index (κ3) is 4.18. The molecule has 2 aromatic rings. The number of hydrogen-bond acceptors (Lipinski definition) is 8. The van der Waals surface area contributed by atoms with Crippen molar-refractivity contribution in [3.8, 4) is 5.88 Å². The van der Waals surface area contributed by atoms with Crippen molar-refractivity contribution in [1.29, 1.82) is 0 Å². The number of primary amides is 1. The molecule has 2 fully saturated rings. The smallest absolute Gasteiger partial charge is 0.284 e. The lowest BCUT2D eigenvalue weighted by molar-refractivity contribution is -0.136. The van der Waals surface area contributed by atoms with Crippen LogP contribution in [-0.2, 0) is 16.0 Å². The van der Waals surface area contributed by atoms with Crippen LogP contribution in [0.3, 0.4) is 0 Å². The van der Waals surface area contributed by atoms with Crippen LogP contribution in [0.25, 0.3) is 10.2 Å². The van der Waals surface area contributed by atoms with Gasteiger partial charge < -0.3 is 15.8 Å². The molecule has 3 aliphatic rings. The Hall–Kier alpha value is -2.10. The number of aryl methyl sites for hydroxylation is 1. The van der Waals surface area contributed by atoms with Crippen molar-refractivity contribution in [2.24, 2.45) is 5.73 Å². The maximum atomic E-state index is 12.0. The van der Waals surface area contributed by atoms with E-state index in [0.29, 0.717) is 11.9 Å². The van der Waals surface area contributed by atoms with Crippen LogP contribution in [0.4, 0.5) is 0 Å². The third-order valence-electron chi connectivity index (χ3n) is 6.99. The Morgan fingerprint density at radius 2 is 1.94 bits per heavy atom. The van der Waals surface area contributed by atoms with E-state index in [0.717, 1.165) is 80.5 Å². The van der Waals surface area contributed by atoms with E-state index in [1.165, 1.54) is 4.88 Å². The number of nitrogens with two attached hydrogens (primary N) is 1. The van der Waals surface area contributed by atoms with E-state index in [-0.39, 0.29) is 18.4 Å². The molecule has 1 saturated carbocycles. The average Bonchev–Trinajstić information content (AvgIpc) is 3.35. The van der Waals surface area contributed by atoms with Gasteiger partial charge in [-0.15, -0.1) is 11.3 Å². The molecule has 31 heavy (non-hydrogen) atoms. The molecule has 166 valence electrons. The number of fused-ring (bicyclic) bond motifs is 3. The molecule has 1 saturated heterocycles. The topological polar surface area (TPSA) is 110 Å². The first-order chi connectivity index (χ1) is 15.1. The Morgan fingerprint density at radius 1 is 1.16 bits per heavy atom. The zero-order valence-electron chi connectivity index (χ0n) is 17.6. The molecule has 0 bridgehead atoms. The number of piperazine rings is 1. The first kappa shape index (κ1) is 20.8. The molecule has 3 heterocycles. The van der Waals surface area contributed by atoms with Crippen molar-refractivity contribution in [2.45, 2.75) is 63.0 Å². The van der Waals surface area contributed by atoms with Gasteiger partial charge in [-0.1, -0.05) is 0 Å². The number of ketones is 1. The third-order valence-corrected chi connectivity index (χ3v) is 8.17. The summed E-state index contributed by atoms with van der Waals surface area (Å²) in [5.41, 5.74) is 6.30. The van der Waals surface area contributed by atoms with Gasteiger partial charge in [-0.3, -0.25) is 14.5 Å². The van der Waals surface area contributed by atoms with Crippen molar-refractivity contribution in [3.63, 3.8) is 0 Å². The molecular formula is C22H29N5O3S. The van der Waals surface area contributed by atoms with E-state index < -0.39 is 11.7 Å². The van der Waals surface area contributed by atoms with E-state index in [1.807, 2.05) is 0 Å². The van der Waals surface area contributed by atoms with Gasteiger partial charge in [0.15, 0.2) is 0 Å². The molecule has 8 nitrogen and oxygen atoms in total. The number of hydrogen-bond donors (Lipinski definition) is 2. The lowest BCUT2D eigenvalue weighted by atomic mass is 9.91. The molecule has 0 radical (unpaired) electrons. The molecule has 1 atom stereocenters. The minimum absolute atomic E-state index is 0.0134. The Kier molecular flexibility index (Phi) is 5.90.